The second-order valence-electron chi connectivity index (χ2n) is 4.15. The molecule has 0 radical (unpaired) electrons. The molecule has 2 aliphatic rings. The molecule has 0 saturated carbocycles. The second kappa shape index (κ2) is 3.38. The third-order valence-corrected chi connectivity index (χ3v) is 3.10. The van der Waals surface area contributed by atoms with Gasteiger partial charge in [-0.05, 0) is 11.6 Å². The summed E-state index contributed by atoms with van der Waals surface area (Å²) in [4.78, 5) is 28.9. The highest BCUT2D eigenvalue weighted by atomic mass is 16.2. The van der Waals surface area contributed by atoms with Gasteiger partial charge in [-0.15, -0.1) is 0 Å². The van der Waals surface area contributed by atoms with Gasteiger partial charge in [0, 0.05) is 19.3 Å². The van der Waals surface area contributed by atoms with Crippen LogP contribution < -0.4 is 5.32 Å². The van der Waals surface area contributed by atoms with Gasteiger partial charge in [-0.2, -0.15) is 0 Å². The predicted molar refractivity (Wildman–Crippen MR) is 55.0 cm³/mol. The summed E-state index contributed by atoms with van der Waals surface area (Å²) in [6.45, 7) is 1.36. The van der Waals surface area contributed by atoms with Gasteiger partial charge in [0.25, 0.3) is 0 Å². The van der Waals surface area contributed by atoms with Crippen molar-refractivity contribution in [2.24, 2.45) is 0 Å². The lowest BCUT2D eigenvalue weighted by molar-refractivity contribution is -0.126. The molecule has 2 aliphatic heterocycles. The van der Waals surface area contributed by atoms with Gasteiger partial charge in [0.2, 0.25) is 11.8 Å². The predicted octanol–water partition coefficient (Wildman–Crippen LogP) is -0.188. The smallest absolute Gasteiger partial charge is 0.244 e. The number of imide groups is 1. The molecule has 1 aromatic rings. The van der Waals surface area contributed by atoms with Crippen molar-refractivity contribution in [3.63, 3.8) is 0 Å². The Balaban J connectivity index is 1.81. The van der Waals surface area contributed by atoms with E-state index in [1.807, 2.05) is 17.0 Å². The van der Waals surface area contributed by atoms with Gasteiger partial charge < -0.3 is 0 Å². The summed E-state index contributed by atoms with van der Waals surface area (Å²) in [6.07, 6.45) is 2.02. The SMILES string of the molecule is O=C1CC(N2Cc3cccnc3C2)C(=O)N1. The minimum atomic E-state index is -0.318. The Morgan fingerprint density at radius 2 is 2.25 bits per heavy atom. The van der Waals surface area contributed by atoms with Crippen LogP contribution >= 0.6 is 0 Å². The molecule has 1 atom stereocenters. The molecule has 82 valence electrons. The fourth-order valence-corrected chi connectivity index (χ4v) is 2.28. The van der Waals surface area contributed by atoms with E-state index in [2.05, 4.69) is 10.3 Å². The van der Waals surface area contributed by atoms with Crippen LogP contribution in [0.15, 0.2) is 18.3 Å². The first kappa shape index (κ1) is 9.47. The van der Waals surface area contributed by atoms with E-state index in [1.54, 1.807) is 6.20 Å². The summed E-state index contributed by atoms with van der Waals surface area (Å²) in [5, 5.41) is 2.33. The molecule has 16 heavy (non-hydrogen) atoms. The van der Waals surface area contributed by atoms with Crippen molar-refractivity contribution in [3.05, 3.63) is 29.6 Å². The first-order valence-electron chi connectivity index (χ1n) is 5.24. The molecule has 5 heteroatoms. The Hall–Kier alpha value is -1.75. The Morgan fingerprint density at radius 1 is 1.38 bits per heavy atom. The average molecular weight is 217 g/mol. The Labute approximate surface area is 92.5 Å². The molecule has 1 unspecified atom stereocenters. The Morgan fingerprint density at radius 3 is 2.94 bits per heavy atom. The number of hydrogen-bond acceptors (Lipinski definition) is 4. The molecule has 1 aromatic heterocycles. The average Bonchev–Trinajstić information content (AvgIpc) is 2.81. The normalized spacial score (nSPS) is 24.6. The van der Waals surface area contributed by atoms with E-state index in [0.29, 0.717) is 13.1 Å². The molecule has 1 N–H and O–H groups in total. The number of carbonyl (C=O) groups excluding carboxylic acids is 2. The Kier molecular flexibility index (Phi) is 2.00. The van der Waals surface area contributed by atoms with Crippen LogP contribution in [0.5, 0.6) is 0 Å². The van der Waals surface area contributed by atoms with E-state index in [0.717, 1.165) is 11.3 Å². The number of pyridine rings is 1. The van der Waals surface area contributed by atoms with Crippen LogP contribution in [0.4, 0.5) is 0 Å². The summed E-state index contributed by atoms with van der Waals surface area (Å²) in [7, 11) is 0. The maximum absolute atomic E-state index is 11.5. The van der Waals surface area contributed by atoms with Crippen molar-refractivity contribution in [2.75, 3.05) is 0 Å². The Bertz CT molecular complexity index is 447. The number of nitrogens with one attached hydrogen (secondary N) is 1. The summed E-state index contributed by atoms with van der Waals surface area (Å²) in [5.41, 5.74) is 2.16. The fourth-order valence-electron chi connectivity index (χ4n) is 2.28. The molecule has 0 aromatic carbocycles. The van der Waals surface area contributed by atoms with Gasteiger partial charge in [-0.1, -0.05) is 6.07 Å². The van der Waals surface area contributed by atoms with Gasteiger partial charge in [-0.3, -0.25) is 24.8 Å². The van der Waals surface area contributed by atoms with Crippen LogP contribution in [0.1, 0.15) is 17.7 Å². The number of rotatable bonds is 1. The van der Waals surface area contributed by atoms with Crippen molar-refractivity contribution >= 4 is 11.8 Å². The van der Waals surface area contributed by atoms with Crippen LogP contribution in [-0.2, 0) is 22.7 Å². The third kappa shape index (κ3) is 1.40. The third-order valence-electron chi connectivity index (χ3n) is 3.10. The van der Waals surface area contributed by atoms with Crippen molar-refractivity contribution < 1.29 is 9.59 Å². The zero-order valence-corrected chi connectivity index (χ0v) is 8.64. The summed E-state index contributed by atoms with van der Waals surface area (Å²) >= 11 is 0. The molecular formula is C11H11N3O2. The number of amides is 2. The van der Waals surface area contributed by atoms with Gasteiger partial charge >= 0.3 is 0 Å². The second-order valence-corrected chi connectivity index (χ2v) is 4.15. The lowest BCUT2D eigenvalue weighted by Crippen LogP contribution is -2.37. The standard InChI is InChI=1S/C11H11N3O2/c15-10-4-9(11(16)13-10)14-5-7-2-1-3-12-8(7)6-14/h1-3,9H,4-6H2,(H,13,15,16). The molecule has 3 heterocycles. The van der Waals surface area contributed by atoms with Crippen LogP contribution in [0.2, 0.25) is 0 Å². The van der Waals surface area contributed by atoms with Crippen molar-refractivity contribution in [1.82, 2.24) is 15.2 Å². The summed E-state index contributed by atoms with van der Waals surface area (Å²) < 4.78 is 0. The van der Waals surface area contributed by atoms with Gasteiger partial charge in [0.15, 0.2) is 0 Å². The topological polar surface area (TPSA) is 62.3 Å². The molecule has 0 bridgehead atoms. The molecule has 3 rings (SSSR count). The van der Waals surface area contributed by atoms with Crippen LogP contribution in [0.3, 0.4) is 0 Å². The first-order valence-corrected chi connectivity index (χ1v) is 5.24. The van der Waals surface area contributed by atoms with E-state index < -0.39 is 0 Å². The van der Waals surface area contributed by atoms with E-state index in [-0.39, 0.29) is 24.3 Å². The lowest BCUT2D eigenvalue weighted by Gasteiger charge is -2.19. The highest BCUT2D eigenvalue weighted by Gasteiger charge is 2.37. The number of nitrogens with zero attached hydrogens (tertiary/aromatic N) is 2. The number of hydrogen-bond donors (Lipinski definition) is 1. The van der Waals surface area contributed by atoms with E-state index in [4.69, 9.17) is 0 Å². The van der Waals surface area contributed by atoms with E-state index >= 15 is 0 Å². The largest absolute Gasteiger partial charge is 0.295 e. The molecule has 0 aliphatic carbocycles. The highest BCUT2D eigenvalue weighted by Crippen LogP contribution is 2.25. The minimum absolute atomic E-state index is 0.182. The molecular weight excluding hydrogens is 206 g/mol. The molecule has 1 fully saturated rings. The maximum atomic E-state index is 11.5. The van der Waals surface area contributed by atoms with Crippen LogP contribution in [0.25, 0.3) is 0 Å². The van der Waals surface area contributed by atoms with Gasteiger partial charge in [0.05, 0.1) is 18.2 Å². The quantitative estimate of drug-likeness (QED) is 0.662. The van der Waals surface area contributed by atoms with Crippen molar-refractivity contribution in [3.8, 4) is 0 Å². The number of carbonyl (C=O) groups is 2. The minimum Gasteiger partial charge on any atom is -0.295 e. The van der Waals surface area contributed by atoms with E-state index in [9.17, 15) is 9.59 Å². The highest BCUT2D eigenvalue weighted by molar-refractivity contribution is 6.05. The van der Waals surface area contributed by atoms with E-state index in [1.165, 1.54) is 0 Å². The lowest BCUT2D eigenvalue weighted by atomic mass is 10.2. The maximum Gasteiger partial charge on any atom is 0.244 e. The molecule has 1 saturated heterocycles. The van der Waals surface area contributed by atoms with Crippen LogP contribution in [-0.4, -0.2) is 27.7 Å². The van der Waals surface area contributed by atoms with Gasteiger partial charge in [0.1, 0.15) is 0 Å². The monoisotopic (exact) mass is 217 g/mol. The van der Waals surface area contributed by atoms with Crippen molar-refractivity contribution in [1.29, 1.82) is 0 Å². The summed E-state index contributed by atoms with van der Waals surface area (Å²) in [5.74, 6) is -0.364. The van der Waals surface area contributed by atoms with Gasteiger partial charge in [-0.25, -0.2) is 0 Å². The molecule has 5 nitrogen and oxygen atoms in total. The zero-order chi connectivity index (χ0) is 11.1. The van der Waals surface area contributed by atoms with Crippen LogP contribution in [0, 0.1) is 0 Å². The number of aromatic nitrogens is 1. The first-order chi connectivity index (χ1) is 7.74. The van der Waals surface area contributed by atoms with Crippen molar-refractivity contribution in [2.45, 2.75) is 25.6 Å². The number of fused-ring (bicyclic) bond motifs is 1. The zero-order valence-electron chi connectivity index (χ0n) is 8.64. The fraction of sp³-hybridized carbons (Fsp3) is 0.364. The summed E-state index contributed by atoms with van der Waals surface area (Å²) in [6, 6.07) is 3.58. The molecule has 0 spiro atoms. The molecule has 2 amide bonds.